The van der Waals surface area contributed by atoms with E-state index in [1.165, 1.54) is 15.5 Å². The molecule has 1 atom stereocenters. The molecule has 6 fully saturated rings. The molecule has 1 unspecified atom stereocenters. The number of piperidine rings is 2. The minimum absolute atomic E-state index is 0. The van der Waals surface area contributed by atoms with Gasteiger partial charge < -0.3 is 34.0 Å². The smallest absolute Gasteiger partial charge is 0.434 e. The van der Waals surface area contributed by atoms with Gasteiger partial charge in [0.15, 0.2) is 6.10 Å². The number of carbonyl (C=O) groups is 3. The lowest BCUT2D eigenvalue weighted by molar-refractivity contribution is -0.308. The van der Waals surface area contributed by atoms with Crippen molar-refractivity contribution in [2.45, 2.75) is 104 Å². The molecule has 0 bridgehead atoms. The lowest BCUT2D eigenvalue weighted by atomic mass is 9.77. The number of benzene rings is 2. The van der Waals surface area contributed by atoms with E-state index in [1.807, 2.05) is 40.1 Å². The van der Waals surface area contributed by atoms with E-state index in [4.69, 9.17) is 23.2 Å². The number of halogens is 11. The number of alkyl halides is 9. The highest BCUT2D eigenvalue weighted by Crippen LogP contribution is 2.44. The molecule has 15 nitrogen and oxygen atoms in total. The van der Waals surface area contributed by atoms with Gasteiger partial charge in [-0.1, -0.05) is 42.8 Å². The summed E-state index contributed by atoms with van der Waals surface area (Å²) in [5, 5.41) is 1.21. The molecule has 2 aromatic rings. The van der Waals surface area contributed by atoms with E-state index < -0.39 is 52.9 Å². The molecule has 0 N–H and O–H groups in total. The van der Waals surface area contributed by atoms with E-state index in [9.17, 15) is 62.3 Å². The zero-order valence-electron chi connectivity index (χ0n) is 42.6. The van der Waals surface area contributed by atoms with Gasteiger partial charge in [0.1, 0.15) is 0 Å². The van der Waals surface area contributed by atoms with Crippen molar-refractivity contribution in [3.63, 3.8) is 0 Å². The van der Waals surface area contributed by atoms with Crippen LogP contribution in [0.1, 0.15) is 70.9 Å². The molecule has 0 radical (unpaired) electrons. The Morgan fingerprint density at radius 2 is 0.961 bits per heavy atom. The SMILES string of the molecule is C.CC(=O)N1CCC2(CCN(c3cc(Cl)ccc3CN3CCN(C(=O)OC(C)C(F)(F)F)CC3)CC2)C1.CS(=O)(=O)N1CCC2(CCN(c3cc(Cl)ccc3CN3CCN(C(=O)OC(C(F)(F)F)C(F)(F)F)CC3)CC2)C1. The van der Waals surface area contributed by atoms with E-state index in [-0.39, 0.29) is 50.3 Å². The summed E-state index contributed by atoms with van der Waals surface area (Å²) >= 11 is 12.7. The van der Waals surface area contributed by atoms with E-state index >= 15 is 0 Å². The molecule has 434 valence electrons. The van der Waals surface area contributed by atoms with E-state index in [0.29, 0.717) is 75.5 Å². The Morgan fingerprint density at radius 3 is 1.32 bits per heavy atom. The van der Waals surface area contributed by atoms with Gasteiger partial charge in [-0.2, -0.15) is 39.5 Å². The summed E-state index contributed by atoms with van der Waals surface area (Å²) in [7, 11) is -3.24. The van der Waals surface area contributed by atoms with E-state index in [2.05, 4.69) is 24.2 Å². The van der Waals surface area contributed by atoms with E-state index in [1.54, 1.807) is 13.0 Å². The van der Waals surface area contributed by atoms with Crippen LogP contribution in [0.2, 0.25) is 10.0 Å². The lowest BCUT2D eigenvalue weighted by Gasteiger charge is -2.41. The molecule has 2 aromatic carbocycles. The molecule has 3 amide bonds. The van der Waals surface area contributed by atoms with Crippen molar-refractivity contribution in [3.05, 3.63) is 57.6 Å². The fourth-order valence-corrected chi connectivity index (χ4v) is 12.3. The normalized spacial score (nSPS) is 21.3. The van der Waals surface area contributed by atoms with Gasteiger partial charge in [0, 0.05) is 146 Å². The summed E-state index contributed by atoms with van der Waals surface area (Å²) in [5.74, 6) is 0.148. The van der Waals surface area contributed by atoms with Crippen LogP contribution in [-0.4, -0.2) is 197 Å². The zero-order valence-corrected chi connectivity index (χ0v) is 44.9. The molecule has 0 aromatic heterocycles. The number of sulfonamides is 1. The highest BCUT2D eigenvalue weighted by molar-refractivity contribution is 7.88. The fraction of sp³-hybridized carbons (Fsp3) is 0.700. The Balaban J connectivity index is 0.000000248. The summed E-state index contributed by atoms with van der Waals surface area (Å²) in [4.78, 5) is 48.8. The first-order chi connectivity index (χ1) is 35.4. The molecule has 6 aliphatic rings. The molecular formula is C50H69Cl2F9N8O7S. The second kappa shape index (κ2) is 24.7. The third kappa shape index (κ3) is 16.0. The van der Waals surface area contributed by atoms with Crippen molar-refractivity contribution in [2.24, 2.45) is 10.8 Å². The average molecular weight is 1170 g/mol. The van der Waals surface area contributed by atoms with Crippen LogP contribution in [0.5, 0.6) is 0 Å². The standard InChI is InChI=1S/C25H34ClF3N4O3.C24H31ClF6N4O4S.CH4/c1-18(25(27,28)29)36-23(35)32-13-11-30(12-14-32)16-20-3-4-21(26)15-22(20)31-8-5-24(6-9-31)7-10-33(17-24)19(2)34;1-40(37,38)35-9-6-22(16-35)4-7-33(8-5-22)19-14-18(25)3-2-17(19)15-32-10-12-34(13-11-32)21(36)39-20(23(26,27)28)24(29,30)31;/h3-4,15,18H,5-14,16-17H2,1-2H3;2-3,14,20H,4-13,15-16H2,1H3;1H4. The summed E-state index contributed by atoms with van der Waals surface area (Å²) in [5.41, 5.74) is 4.24. The number of hydrogen-bond acceptors (Lipinski definition) is 11. The van der Waals surface area contributed by atoms with Gasteiger partial charge in [0.05, 0.1) is 6.26 Å². The monoisotopic (exact) mass is 1170 g/mol. The number of rotatable bonds is 9. The third-order valence-corrected chi connectivity index (χ3v) is 17.5. The van der Waals surface area contributed by atoms with Crippen molar-refractivity contribution < 1.29 is 71.8 Å². The summed E-state index contributed by atoms with van der Waals surface area (Å²) < 4.78 is 149. The van der Waals surface area contributed by atoms with Crippen LogP contribution in [0.4, 0.5) is 60.5 Å². The topological polar surface area (TPSA) is 130 Å². The van der Waals surface area contributed by atoms with Crippen LogP contribution in [0.15, 0.2) is 36.4 Å². The maximum absolute atomic E-state index is 12.8. The molecule has 6 heterocycles. The fourth-order valence-electron chi connectivity index (χ4n) is 11.0. The first-order valence-corrected chi connectivity index (χ1v) is 27.9. The van der Waals surface area contributed by atoms with Gasteiger partial charge in [0.2, 0.25) is 15.9 Å². The maximum atomic E-state index is 12.8. The average Bonchev–Trinajstić information content (AvgIpc) is 3.98. The molecular weight excluding hydrogens is 1100 g/mol. The molecule has 8 rings (SSSR count). The van der Waals surface area contributed by atoms with Gasteiger partial charge in [0.25, 0.3) is 6.10 Å². The molecule has 6 aliphatic heterocycles. The van der Waals surface area contributed by atoms with Crippen LogP contribution < -0.4 is 9.80 Å². The van der Waals surface area contributed by atoms with Crippen molar-refractivity contribution in [3.8, 4) is 0 Å². The Morgan fingerprint density at radius 1 is 0.571 bits per heavy atom. The number of piperazine rings is 2. The van der Waals surface area contributed by atoms with E-state index in [0.717, 1.165) is 99.0 Å². The number of hydrogen-bond donors (Lipinski definition) is 0. The van der Waals surface area contributed by atoms with Gasteiger partial charge in [-0.25, -0.2) is 22.3 Å². The molecule has 2 spiro atoms. The quantitative estimate of drug-likeness (QED) is 0.223. The van der Waals surface area contributed by atoms with Crippen molar-refractivity contribution >= 4 is 62.7 Å². The second-order valence-electron chi connectivity index (χ2n) is 21.0. The van der Waals surface area contributed by atoms with Gasteiger partial charge in [-0.05, 0) is 91.7 Å². The zero-order chi connectivity index (χ0) is 55.6. The van der Waals surface area contributed by atoms with Crippen molar-refractivity contribution in [2.75, 3.05) is 121 Å². The van der Waals surface area contributed by atoms with Crippen molar-refractivity contribution in [1.82, 2.24) is 28.8 Å². The van der Waals surface area contributed by atoms with Crippen LogP contribution in [0.25, 0.3) is 0 Å². The van der Waals surface area contributed by atoms with Crippen LogP contribution >= 0.6 is 23.2 Å². The molecule has 27 heteroatoms. The number of ether oxygens (including phenoxy) is 2. The first kappa shape index (κ1) is 62.0. The highest BCUT2D eigenvalue weighted by atomic mass is 35.5. The molecule has 77 heavy (non-hydrogen) atoms. The van der Waals surface area contributed by atoms with Crippen molar-refractivity contribution in [1.29, 1.82) is 0 Å². The summed E-state index contributed by atoms with van der Waals surface area (Å²) in [6, 6.07) is 11.4. The molecule has 6 saturated heterocycles. The summed E-state index contributed by atoms with van der Waals surface area (Å²) in [6.07, 6.45) is -18.2. The van der Waals surface area contributed by atoms with Crippen LogP contribution in [0.3, 0.4) is 0 Å². The minimum atomic E-state index is -5.76. The minimum Gasteiger partial charge on any atom is -0.437 e. The maximum Gasteiger partial charge on any atom is 0.434 e. The predicted octanol–water partition coefficient (Wildman–Crippen LogP) is 9.36. The van der Waals surface area contributed by atoms with Crippen LogP contribution in [0, 0.1) is 10.8 Å². The molecule has 0 aliphatic carbocycles. The summed E-state index contributed by atoms with van der Waals surface area (Å²) in [6.45, 7) is 11.5. The second-order valence-corrected chi connectivity index (χ2v) is 23.9. The number of carbonyl (C=O) groups excluding carboxylic acids is 3. The number of likely N-dealkylation sites (tertiary alicyclic amines) is 1. The van der Waals surface area contributed by atoms with Gasteiger partial charge in [-0.15, -0.1) is 0 Å². The number of nitrogens with zero attached hydrogens (tertiary/aromatic N) is 8. The predicted molar refractivity (Wildman–Crippen MR) is 273 cm³/mol. The first-order valence-electron chi connectivity index (χ1n) is 25.3. The highest BCUT2D eigenvalue weighted by Gasteiger charge is 2.60. The largest absolute Gasteiger partial charge is 0.437 e. The van der Waals surface area contributed by atoms with Gasteiger partial charge in [-0.3, -0.25) is 14.6 Å². The Bertz CT molecular complexity index is 2470. The lowest BCUT2D eigenvalue weighted by Crippen LogP contribution is -2.52. The van der Waals surface area contributed by atoms with Crippen LogP contribution in [-0.2, 0) is 37.4 Å². The Kier molecular flexibility index (Phi) is 19.9. The number of amides is 3. The number of anilines is 2. The third-order valence-electron chi connectivity index (χ3n) is 15.8. The Hall–Kier alpha value is -4.17. The van der Waals surface area contributed by atoms with Gasteiger partial charge >= 0.3 is 30.7 Å². The Labute approximate surface area is 454 Å². The molecule has 0 saturated carbocycles.